The summed E-state index contributed by atoms with van der Waals surface area (Å²) < 4.78 is 58.5. The van der Waals surface area contributed by atoms with Crippen molar-refractivity contribution < 1.29 is 22.3 Å². The maximum atomic E-state index is 14.4. The number of hydrogen-bond donors (Lipinski definition) is 2. The Labute approximate surface area is 137 Å². The van der Waals surface area contributed by atoms with Crippen molar-refractivity contribution in [2.45, 2.75) is 6.18 Å². The van der Waals surface area contributed by atoms with E-state index in [9.17, 15) is 27.6 Å². The minimum atomic E-state index is -4.90. The number of alkyl halides is 3. The summed E-state index contributed by atoms with van der Waals surface area (Å²) in [6.45, 7) is 0. The number of methoxy groups -OCH3 is 1. The molecule has 10 heteroatoms. The number of ether oxygens (including phenoxy) is 1. The number of nitriles is 2. The number of benzene rings is 1. The summed E-state index contributed by atoms with van der Waals surface area (Å²) in [5.41, 5.74) is 0.260. The van der Waals surface area contributed by atoms with Crippen LogP contribution in [0.25, 0.3) is 11.1 Å². The van der Waals surface area contributed by atoms with Crippen molar-refractivity contribution in [1.82, 2.24) is 4.98 Å². The number of anilines is 1. The first kappa shape index (κ1) is 17.8. The summed E-state index contributed by atoms with van der Waals surface area (Å²) in [5, 5.41) is 18.4. The number of nitrogens with one attached hydrogen (secondary N) is 1. The molecule has 25 heavy (non-hydrogen) atoms. The summed E-state index contributed by atoms with van der Waals surface area (Å²) in [6, 6.07) is 3.95. The molecule has 2 rings (SSSR count). The first-order valence-electron chi connectivity index (χ1n) is 6.47. The first-order valence-corrected chi connectivity index (χ1v) is 6.47. The zero-order valence-electron chi connectivity index (χ0n) is 12.5. The molecule has 1 aromatic carbocycles. The fourth-order valence-electron chi connectivity index (χ4n) is 2.32. The number of pyridine rings is 1. The lowest BCUT2D eigenvalue weighted by atomic mass is 9.93. The molecule has 1 heterocycles. The smallest absolute Gasteiger partial charge is 0.419 e. The van der Waals surface area contributed by atoms with Crippen molar-refractivity contribution in [3.05, 3.63) is 45.0 Å². The summed E-state index contributed by atoms with van der Waals surface area (Å²) in [6.07, 6.45) is -4.90. The highest BCUT2D eigenvalue weighted by molar-refractivity contribution is 5.84. The van der Waals surface area contributed by atoms with Gasteiger partial charge in [-0.05, 0) is 12.1 Å². The number of nitrogen functional groups attached to an aromatic ring is 1. The standard InChI is InChI=1S/C15H8F4N4O2/c1-25-12-8(15(17,18)19)2-3-9(16)11(12)10-6(4-20)13(22)23-14(24)7(10)5-21/h2-3H,1H3,(H3,22,23,24). The maximum absolute atomic E-state index is 14.4. The minimum absolute atomic E-state index is 0.451. The molecule has 0 bridgehead atoms. The monoisotopic (exact) mass is 352 g/mol. The lowest BCUT2D eigenvalue weighted by Crippen LogP contribution is -2.17. The molecule has 6 nitrogen and oxygen atoms in total. The second-order valence-corrected chi connectivity index (χ2v) is 4.72. The minimum Gasteiger partial charge on any atom is -0.495 e. The van der Waals surface area contributed by atoms with Crippen molar-refractivity contribution in [3.63, 3.8) is 0 Å². The SMILES string of the molecule is COc1c(C(F)(F)F)ccc(F)c1-c1c(C#N)c(N)[nH]c(=O)c1C#N. The summed E-state index contributed by atoms with van der Waals surface area (Å²) in [5.74, 6) is -2.70. The van der Waals surface area contributed by atoms with Gasteiger partial charge in [0.2, 0.25) is 0 Å². The Morgan fingerprint density at radius 2 is 1.76 bits per heavy atom. The number of nitrogens with two attached hydrogens (primary N) is 1. The highest BCUT2D eigenvalue weighted by Crippen LogP contribution is 2.44. The van der Waals surface area contributed by atoms with Gasteiger partial charge in [0.05, 0.1) is 18.2 Å². The molecule has 128 valence electrons. The molecule has 0 saturated carbocycles. The van der Waals surface area contributed by atoms with Crippen molar-refractivity contribution in [2.75, 3.05) is 12.8 Å². The third kappa shape index (κ3) is 2.85. The highest BCUT2D eigenvalue weighted by Gasteiger charge is 2.37. The Morgan fingerprint density at radius 3 is 2.24 bits per heavy atom. The van der Waals surface area contributed by atoms with Crippen LogP contribution in [0, 0.1) is 28.5 Å². The van der Waals surface area contributed by atoms with Crippen LogP contribution in [0.15, 0.2) is 16.9 Å². The van der Waals surface area contributed by atoms with Crippen LogP contribution in [-0.2, 0) is 6.18 Å². The van der Waals surface area contributed by atoms with E-state index in [2.05, 4.69) is 4.74 Å². The second-order valence-electron chi connectivity index (χ2n) is 4.72. The van der Waals surface area contributed by atoms with Gasteiger partial charge in [-0.1, -0.05) is 0 Å². The number of aromatic nitrogens is 1. The zero-order valence-corrected chi connectivity index (χ0v) is 12.5. The molecule has 0 fully saturated rings. The number of hydrogen-bond acceptors (Lipinski definition) is 5. The van der Waals surface area contributed by atoms with Crippen molar-refractivity contribution in [2.24, 2.45) is 0 Å². The van der Waals surface area contributed by atoms with E-state index in [1.807, 2.05) is 4.98 Å². The molecule has 0 radical (unpaired) electrons. The Hall–Kier alpha value is -3.53. The number of rotatable bonds is 2. The third-order valence-corrected chi connectivity index (χ3v) is 3.33. The van der Waals surface area contributed by atoms with Gasteiger partial charge in [0, 0.05) is 5.56 Å². The molecule has 0 aliphatic heterocycles. The van der Waals surface area contributed by atoms with Crippen molar-refractivity contribution in [3.8, 4) is 29.0 Å². The molecule has 0 spiro atoms. The molecule has 0 amide bonds. The zero-order chi connectivity index (χ0) is 18.9. The van der Waals surface area contributed by atoms with E-state index in [1.54, 1.807) is 6.07 Å². The predicted molar refractivity (Wildman–Crippen MR) is 77.9 cm³/mol. The molecular formula is C15H8F4N4O2. The van der Waals surface area contributed by atoms with Crippen LogP contribution < -0.4 is 16.0 Å². The lowest BCUT2D eigenvalue weighted by molar-refractivity contribution is -0.138. The van der Waals surface area contributed by atoms with Crippen LogP contribution in [0.2, 0.25) is 0 Å². The maximum Gasteiger partial charge on any atom is 0.419 e. The lowest BCUT2D eigenvalue weighted by Gasteiger charge is -2.18. The number of nitrogens with zero attached hydrogens (tertiary/aromatic N) is 2. The van der Waals surface area contributed by atoms with Crippen LogP contribution in [0.3, 0.4) is 0 Å². The molecule has 0 unspecified atom stereocenters. The first-order chi connectivity index (χ1) is 11.7. The normalized spacial score (nSPS) is 10.8. The van der Waals surface area contributed by atoms with Gasteiger partial charge in [0.25, 0.3) is 5.56 Å². The average molecular weight is 352 g/mol. The van der Waals surface area contributed by atoms with Gasteiger partial charge in [-0.3, -0.25) is 4.79 Å². The summed E-state index contributed by atoms with van der Waals surface area (Å²) in [4.78, 5) is 13.9. The number of H-pyrrole nitrogens is 1. The average Bonchev–Trinajstić information content (AvgIpc) is 2.52. The van der Waals surface area contributed by atoms with E-state index < -0.39 is 56.9 Å². The highest BCUT2D eigenvalue weighted by atomic mass is 19.4. The van der Waals surface area contributed by atoms with Gasteiger partial charge in [0.15, 0.2) is 0 Å². The van der Waals surface area contributed by atoms with E-state index in [4.69, 9.17) is 11.0 Å². The molecule has 1 aromatic heterocycles. The number of aromatic amines is 1. The van der Waals surface area contributed by atoms with Gasteiger partial charge in [0.1, 0.15) is 40.6 Å². The van der Waals surface area contributed by atoms with Crippen LogP contribution in [0.1, 0.15) is 16.7 Å². The molecular weight excluding hydrogens is 344 g/mol. The van der Waals surface area contributed by atoms with Gasteiger partial charge in [-0.25, -0.2) is 4.39 Å². The predicted octanol–water partition coefficient (Wildman–Crippen LogP) is 2.53. The molecule has 0 saturated heterocycles. The van der Waals surface area contributed by atoms with Crippen LogP contribution in [0.4, 0.5) is 23.4 Å². The Morgan fingerprint density at radius 1 is 1.16 bits per heavy atom. The van der Waals surface area contributed by atoms with E-state index in [0.717, 1.165) is 7.11 Å². The summed E-state index contributed by atoms with van der Waals surface area (Å²) in [7, 11) is 0.863. The molecule has 0 atom stereocenters. The van der Waals surface area contributed by atoms with E-state index >= 15 is 0 Å². The topological polar surface area (TPSA) is 116 Å². The molecule has 0 aliphatic rings. The Bertz CT molecular complexity index is 997. The third-order valence-electron chi connectivity index (χ3n) is 3.33. The van der Waals surface area contributed by atoms with Gasteiger partial charge in [-0.2, -0.15) is 23.7 Å². The van der Waals surface area contributed by atoms with Crippen molar-refractivity contribution >= 4 is 5.82 Å². The second kappa shape index (κ2) is 6.17. The van der Waals surface area contributed by atoms with Crippen LogP contribution in [-0.4, -0.2) is 12.1 Å². The quantitative estimate of drug-likeness (QED) is 0.806. The van der Waals surface area contributed by atoms with Gasteiger partial charge < -0.3 is 15.5 Å². The van der Waals surface area contributed by atoms with E-state index in [0.29, 0.717) is 12.1 Å². The molecule has 2 aromatic rings. The fourth-order valence-corrected chi connectivity index (χ4v) is 2.32. The van der Waals surface area contributed by atoms with Crippen LogP contribution in [0.5, 0.6) is 5.75 Å². The van der Waals surface area contributed by atoms with Crippen LogP contribution >= 0.6 is 0 Å². The van der Waals surface area contributed by atoms with Gasteiger partial charge in [-0.15, -0.1) is 0 Å². The van der Waals surface area contributed by atoms with E-state index in [-0.39, 0.29) is 0 Å². The molecule has 3 N–H and O–H groups in total. The number of halogens is 4. The Kier molecular flexibility index (Phi) is 4.40. The summed E-state index contributed by atoms with van der Waals surface area (Å²) >= 11 is 0. The largest absolute Gasteiger partial charge is 0.495 e. The molecule has 0 aliphatic carbocycles. The Balaban J connectivity index is 3.11. The fraction of sp³-hybridized carbons (Fsp3) is 0.133. The van der Waals surface area contributed by atoms with Gasteiger partial charge >= 0.3 is 6.18 Å². The van der Waals surface area contributed by atoms with E-state index in [1.165, 1.54) is 6.07 Å². The van der Waals surface area contributed by atoms with Crippen molar-refractivity contribution in [1.29, 1.82) is 10.5 Å².